The minimum Gasteiger partial charge on any atom is -0.340 e. The van der Waals surface area contributed by atoms with Gasteiger partial charge in [0.25, 0.3) is 5.91 Å². The average molecular weight is 401 g/mol. The number of thiazole rings is 1. The Morgan fingerprint density at radius 2 is 2.00 bits per heavy atom. The van der Waals surface area contributed by atoms with Gasteiger partial charge < -0.3 is 4.90 Å². The first kappa shape index (κ1) is 19.9. The minimum absolute atomic E-state index is 0.0290. The van der Waals surface area contributed by atoms with Gasteiger partial charge in [-0.1, -0.05) is 36.5 Å². The second kappa shape index (κ2) is 9.35. The first-order valence-electron chi connectivity index (χ1n) is 9.28. The van der Waals surface area contributed by atoms with Crippen molar-refractivity contribution in [1.82, 2.24) is 4.98 Å². The minimum atomic E-state index is 0.0290. The van der Waals surface area contributed by atoms with Gasteiger partial charge in [0.2, 0.25) is 0 Å². The zero-order valence-corrected chi connectivity index (χ0v) is 17.7. The van der Waals surface area contributed by atoms with Crippen molar-refractivity contribution in [2.45, 2.75) is 18.2 Å². The topological polar surface area (TPSA) is 37.6 Å². The molecule has 6 heteroatoms. The molecule has 4 nitrogen and oxygen atoms in total. The Labute approximate surface area is 169 Å². The third-order valence-electron chi connectivity index (χ3n) is 4.21. The van der Waals surface area contributed by atoms with E-state index >= 15 is 0 Å². The van der Waals surface area contributed by atoms with Crippen LogP contribution in [0.4, 0.5) is 5.13 Å². The molecule has 2 aromatic carbocycles. The molecule has 0 aliphatic rings. The summed E-state index contributed by atoms with van der Waals surface area (Å²) < 4.78 is 1.11. The van der Waals surface area contributed by atoms with Crippen molar-refractivity contribution in [3.8, 4) is 0 Å². The Kier molecular flexibility index (Phi) is 6.88. The fraction of sp³-hybridized carbons (Fsp3) is 0.333. The second-order valence-corrected chi connectivity index (χ2v) is 9.04. The lowest BCUT2D eigenvalue weighted by Gasteiger charge is -2.20. The maximum Gasteiger partial charge on any atom is 0.260 e. The van der Waals surface area contributed by atoms with Crippen LogP contribution in [0.2, 0.25) is 0 Å². The lowest BCUT2D eigenvalue weighted by Crippen LogP contribution is -3.05. The highest BCUT2D eigenvalue weighted by Gasteiger charge is 2.21. The van der Waals surface area contributed by atoms with Crippen LogP contribution >= 0.6 is 23.1 Å². The molecule has 0 aliphatic carbocycles. The Morgan fingerprint density at radius 1 is 1.19 bits per heavy atom. The molecule has 0 spiro atoms. The average Bonchev–Trinajstić information content (AvgIpc) is 3.09. The van der Waals surface area contributed by atoms with Crippen molar-refractivity contribution in [2.24, 2.45) is 0 Å². The summed E-state index contributed by atoms with van der Waals surface area (Å²) in [5, 5.41) is 0.781. The molecule has 0 bridgehead atoms. The van der Waals surface area contributed by atoms with Gasteiger partial charge in [-0.05, 0) is 36.1 Å². The number of quaternary nitrogens is 1. The van der Waals surface area contributed by atoms with Gasteiger partial charge in [-0.3, -0.25) is 9.69 Å². The summed E-state index contributed by atoms with van der Waals surface area (Å²) in [5.41, 5.74) is 1.67. The Bertz CT molecular complexity index is 874. The van der Waals surface area contributed by atoms with Crippen LogP contribution in [0.5, 0.6) is 0 Å². The quantitative estimate of drug-likeness (QED) is 0.587. The molecule has 0 saturated carbocycles. The highest BCUT2D eigenvalue weighted by Crippen LogP contribution is 2.30. The highest BCUT2D eigenvalue weighted by atomic mass is 32.2. The second-order valence-electron chi connectivity index (χ2n) is 6.69. The molecule has 3 aromatic rings. The Hall–Kier alpha value is -1.89. The largest absolute Gasteiger partial charge is 0.340 e. The number of hydrogen-bond acceptors (Lipinski definition) is 4. The number of carbonyl (C=O) groups excluding carboxylic acids is 1. The van der Waals surface area contributed by atoms with Gasteiger partial charge in [0.15, 0.2) is 5.13 Å². The summed E-state index contributed by atoms with van der Waals surface area (Å²) >= 11 is 3.34. The molecule has 0 fully saturated rings. The summed E-state index contributed by atoms with van der Waals surface area (Å²) in [4.78, 5) is 22.4. The number of hydrogen-bond donors (Lipinski definition) is 1. The van der Waals surface area contributed by atoms with Gasteiger partial charge in [0.05, 0.1) is 30.9 Å². The number of anilines is 1. The van der Waals surface area contributed by atoms with Gasteiger partial charge in [-0.25, -0.2) is 4.98 Å². The van der Waals surface area contributed by atoms with E-state index in [0.717, 1.165) is 44.5 Å². The van der Waals surface area contributed by atoms with E-state index in [1.807, 2.05) is 41.3 Å². The highest BCUT2D eigenvalue weighted by molar-refractivity contribution is 7.99. The number of nitrogens with one attached hydrogen (secondary N) is 1. The van der Waals surface area contributed by atoms with E-state index in [1.165, 1.54) is 4.90 Å². The third-order valence-corrected chi connectivity index (χ3v) is 6.14. The maximum absolute atomic E-state index is 13.3. The number of thioether (sulfide) groups is 1. The van der Waals surface area contributed by atoms with Crippen molar-refractivity contribution in [3.05, 3.63) is 54.1 Å². The van der Waals surface area contributed by atoms with E-state index in [0.29, 0.717) is 6.54 Å². The van der Waals surface area contributed by atoms with Gasteiger partial charge >= 0.3 is 0 Å². The molecule has 0 unspecified atom stereocenters. The molecule has 27 heavy (non-hydrogen) atoms. The normalized spacial score (nSPS) is 11.3. The van der Waals surface area contributed by atoms with E-state index in [2.05, 4.69) is 33.2 Å². The van der Waals surface area contributed by atoms with Crippen molar-refractivity contribution in [2.75, 3.05) is 37.8 Å². The standard InChI is InChI=1S/C21H25N3OS2/c1-4-26-17-10-7-9-16(15-17)20(25)24(14-8-13-23(2)3)21-22-18-11-5-6-12-19(18)27-21/h5-7,9-12,15H,4,8,13-14H2,1-3H3/p+1. The van der Waals surface area contributed by atoms with Crippen LogP contribution in [-0.2, 0) is 0 Å². The Morgan fingerprint density at radius 3 is 2.74 bits per heavy atom. The smallest absolute Gasteiger partial charge is 0.260 e. The van der Waals surface area contributed by atoms with Gasteiger partial charge in [-0.15, -0.1) is 11.8 Å². The molecular weight excluding hydrogens is 374 g/mol. The van der Waals surface area contributed by atoms with E-state index in [1.54, 1.807) is 23.1 Å². The van der Waals surface area contributed by atoms with Crippen molar-refractivity contribution in [1.29, 1.82) is 0 Å². The molecule has 0 atom stereocenters. The van der Waals surface area contributed by atoms with Gasteiger partial charge in [0, 0.05) is 23.4 Å². The summed E-state index contributed by atoms with van der Waals surface area (Å²) in [6.07, 6.45) is 0.938. The van der Waals surface area contributed by atoms with E-state index in [9.17, 15) is 4.79 Å². The molecule has 1 aromatic heterocycles. The maximum atomic E-state index is 13.3. The van der Waals surface area contributed by atoms with Crippen molar-refractivity contribution >= 4 is 44.4 Å². The summed E-state index contributed by atoms with van der Waals surface area (Å²) in [7, 11) is 4.27. The van der Waals surface area contributed by atoms with E-state index in [4.69, 9.17) is 4.98 Å². The first-order chi connectivity index (χ1) is 13.1. The summed E-state index contributed by atoms with van der Waals surface area (Å²) in [5.74, 6) is 1.02. The lowest BCUT2D eigenvalue weighted by atomic mass is 10.2. The van der Waals surface area contributed by atoms with Crippen LogP contribution in [-0.4, -0.2) is 43.8 Å². The molecule has 142 valence electrons. The molecule has 1 heterocycles. The zero-order chi connectivity index (χ0) is 19.2. The molecular formula is C21H26N3OS2+. The predicted octanol–water partition coefficient (Wildman–Crippen LogP) is 3.59. The SMILES string of the molecule is CCSc1cccc(C(=O)N(CCC[NH+](C)C)c2nc3ccccc3s2)c1. The number of rotatable bonds is 8. The van der Waals surface area contributed by atoms with Crippen LogP contribution in [0.3, 0.4) is 0 Å². The lowest BCUT2D eigenvalue weighted by molar-refractivity contribution is -0.858. The molecule has 0 radical (unpaired) electrons. The molecule has 0 aliphatic heterocycles. The summed E-state index contributed by atoms with van der Waals surface area (Å²) in [6.45, 7) is 3.81. The predicted molar refractivity (Wildman–Crippen MR) is 116 cm³/mol. The monoisotopic (exact) mass is 400 g/mol. The number of para-hydroxylation sites is 1. The van der Waals surface area contributed by atoms with E-state index < -0.39 is 0 Å². The number of benzene rings is 2. The van der Waals surface area contributed by atoms with Crippen LogP contribution in [0.25, 0.3) is 10.2 Å². The van der Waals surface area contributed by atoms with Crippen LogP contribution in [0, 0.1) is 0 Å². The van der Waals surface area contributed by atoms with Crippen LogP contribution < -0.4 is 9.80 Å². The fourth-order valence-electron chi connectivity index (χ4n) is 2.89. The van der Waals surface area contributed by atoms with Crippen LogP contribution in [0.1, 0.15) is 23.7 Å². The molecule has 1 amide bonds. The fourth-order valence-corrected chi connectivity index (χ4v) is 4.60. The van der Waals surface area contributed by atoms with Crippen molar-refractivity contribution < 1.29 is 9.69 Å². The number of aromatic nitrogens is 1. The van der Waals surface area contributed by atoms with Crippen LogP contribution in [0.15, 0.2) is 53.4 Å². The molecule has 1 N–H and O–H groups in total. The molecule has 0 saturated heterocycles. The number of nitrogens with zero attached hydrogens (tertiary/aromatic N) is 2. The number of amides is 1. The zero-order valence-electron chi connectivity index (χ0n) is 16.1. The van der Waals surface area contributed by atoms with E-state index in [-0.39, 0.29) is 5.91 Å². The van der Waals surface area contributed by atoms with Gasteiger partial charge in [-0.2, -0.15) is 0 Å². The molecule has 3 rings (SSSR count). The third kappa shape index (κ3) is 5.09. The summed E-state index contributed by atoms with van der Waals surface area (Å²) in [6, 6.07) is 16.0. The number of fused-ring (bicyclic) bond motifs is 1. The van der Waals surface area contributed by atoms with Crippen molar-refractivity contribution in [3.63, 3.8) is 0 Å². The number of carbonyl (C=O) groups is 1. The first-order valence-corrected chi connectivity index (χ1v) is 11.1. The Balaban J connectivity index is 1.90. The van der Waals surface area contributed by atoms with Gasteiger partial charge in [0.1, 0.15) is 0 Å².